The van der Waals surface area contributed by atoms with Gasteiger partial charge in [-0.1, -0.05) is 18.2 Å². The van der Waals surface area contributed by atoms with Crippen molar-refractivity contribution in [1.82, 2.24) is 5.43 Å². The van der Waals surface area contributed by atoms with Crippen molar-refractivity contribution in [2.45, 2.75) is 12.5 Å². The Kier molecular flexibility index (Phi) is 4.30. The van der Waals surface area contributed by atoms with Crippen LogP contribution in [0.3, 0.4) is 0 Å². The third-order valence-electron chi connectivity index (χ3n) is 2.78. The van der Waals surface area contributed by atoms with Gasteiger partial charge in [-0.25, -0.2) is 4.39 Å². The number of methoxy groups -OCH3 is 1. The molecule has 0 saturated heterocycles. The molecular formula is C13H15FN2OS. The molecule has 0 bridgehead atoms. The lowest BCUT2D eigenvalue weighted by Crippen LogP contribution is -2.29. The smallest absolute Gasteiger partial charge is 0.134 e. The first kappa shape index (κ1) is 13.0. The number of benzene rings is 1. The van der Waals surface area contributed by atoms with Gasteiger partial charge in [0.05, 0.1) is 18.0 Å². The summed E-state index contributed by atoms with van der Waals surface area (Å²) in [4.78, 5) is 0.975. The molecule has 1 heterocycles. The summed E-state index contributed by atoms with van der Waals surface area (Å²) in [5, 5.41) is 1.93. The van der Waals surface area contributed by atoms with Gasteiger partial charge in [0.15, 0.2) is 0 Å². The Morgan fingerprint density at radius 1 is 1.39 bits per heavy atom. The molecule has 0 amide bonds. The highest BCUT2D eigenvalue weighted by molar-refractivity contribution is 7.10. The van der Waals surface area contributed by atoms with Crippen LogP contribution in [0, 0.1) is 5.82 Å². The molecular weight excluding hydrogens is 251 g/mol. The fourth-order valence-electron chi connectivity index (χ4n) is 1.84. The average molecular weight is 266 g/mol. The van der Waals surface area contributed by atoms with Crippen LogP contribution in [0.2, 0.25) is 0 Å². The number of hydrogen-bond acceptors (Lipinski definition) is 4. The maximum Gasteiger partial charge on any atom is 0.134 e. The molecule has 1 aromatic carbocycles. The third-order valence-corrected chi connectivity index (χ3v) is 3.79. The molecule has 2 rings (SSSR count). The molecule has 18 heavy (non-hydrogen) atoms. The molecule has 0 aliphatic carbocycles. The monoisotopic (exact) mass is 266 g/mol. The minimum atomic E-state index is -0.215. The fraction of sp³-hybridized carbons (Fsp3) is 0.231. The Hall–Kier alpha value is -1.43. The number of halogens is 1. The van der Waals surface area contributed by atoms with E-state index >= 15 is 0 Å². The minimum Gasteiger partial charge on any atom is -0.496 e. The summed E-state index contributed by atoms with van der Waals surface area (Å²) in [5.74, 6) is 6.13. The third kappa shape index (κ3) is 2.69. The zero-order valence-corrected chi connectivity index (χ0v) is 10.8. The van der Waals surface area contributed by atoms with Crippen molar-refractivity contribution in [3.63, 3.8) is 0 Å². The van der Waals surface area contributed by atoms with E-state index in [1.54, 1.807) is 30.6 Å². The van der Waals surface area contributed by atoms with Crippen LogP contribution in [0.25, 0.3) is 0 Å². The van der Waals surface area contributed by atoms with Gasteiger partial charge in [-0.05, 0) is 29.5 Å². The SMILES string of the molecule is COc1ccsc1C(Cc1ccccc1F)NN. The van der Waals surface area contributed by atoms with Crippen molar-refractivity contribution in [3.8, 4) is 5.75 Å². The zero-order valence-electron chi connectivity index (χ0n) is 10.0. The quantitative estimate of drug-likeness (QED) is 0.646. The number of nitrogens with two attached hydrogens (primary N) is 1. The molecule has 5 heteroatoms. The second-order valence-electron chi connectivity index (χ2n) is 3.87. The van der Waals surface area contributed by atoms with E-state index in [2.05, 4.69) is 5.43 Å². The van der Waals surface area contributed by atoms with Gasteiger partial charge in [-0.15, -0.1) is 11.3 Å². The van der Waals surface area contributed by atoms with Crippen molar-refractivity contribution in [3.05, 3.63) is 52.0 Å². The highest BCUT2D eigenvalue weighted by atomic mass is 32.1. The molecule has 0 saturated carbocycles. The Labute approximate surface area is 109 Å². The lowest BCUT2D eigenvalue weighted by atomic mass is 10.0. The molecule has 0 aliphatic heterocycles. The van der Waals surface area contributed by atoms with Gasteiger partial charge < -0.3 is 4.74 Å². The first-order valence-corrected chi connectivity index (χ1v) is 6.45. The van der Waals surface area contributed by atoms with Gasteiger partial charge in [-0.2, -0.15) is 0 Å². The van der Waals surface area contributed by atoms with Crippen LogP contribution in [0.5, 0.6) is 5.75 Å². The summed E-state index contributed by atoms with van der Waals surface area (Å²) in [6.07, 6.45) is 0.486. The van der Waals surface area contributed by atoms with Crippen LogP contribution in [-0.4, -0.2) is 7.11 Å². The Morgan fingerprint density at radius 2 is 2.17 bits per heavy atom. The summed E-state index contributed by atoms with van der Waals surface area (Å²) in [6, 6.07) is 8.43. The highest BCUT2D eigenvalue weighted by Gasteiger charge is 2.18. The van der Waals surface area contributed by atoms with E-state index in [-0.39, 0.29) is 11.9 Å². The van der Waals surface area contributed by atoms with Crippen LogP contribution in [-0.2, 0) is 6.42 Å². The Morgan fingerprint density at radius 3 is 2.83 bits per heavy atom. The maximum atomic E-state index is 13.6. The van der Waals surface area contributed by atoms with Gasteiger partial charge in [-0.3, -0.25) is 11.3 Å². The predicted octanol–water partition coefficient (Wildman–Crippen LogP) is 2.64. The van der Waals surface area contributed by atoms with Gasteiger partial charge in [0.2, 0.25) is 0 Å². The average Bonchev–Trinajstić information content (AvgIpc) is 2.86. The van der Waals surface area contributed by atoms with Crippen LogP contribution in [0.15, 0.2) is 35.7 Å². The van der Waals surface area contributed by atoms with Gasteiger partial charge in [0.1, 0.15) is 11.6 Å². The van der Waals surface area contributed by atoms with Gasteiger partial charge >= 0.3 is 0 Å². The molecule has 3 N–H and O–H groups in total. The second-order valence-corrected chi connectivity index (χ2v) is 4.82. The van der Waals surface area contributed by atoms with Crippen molar-refractivity contribution in [1.29, 1.82) is 0 Å². The Balaban J connectivity index is 2.23. The van der Waals surface area contributed by atoms with Crippen molar-refractivity contribution < 1.29 is 9.13 Å². The number of hydrazine groups is 1. The molecule has 1 atom stereocenters. The topological polar surface area (TPSA) is 47.3 Å². The van der Waals surface area contributed by atoms with Gasteiger partial charge in [0, 0.05) is 0 Å². The summed E-state index contributed by atoms with van der Waals surface area (Å²) in [5.41, 5.74) is 3.35. The molecule has 1 aromatic heterocycles. The summed E-state index contributed by atoms with van der Waals surface area (Å²) in [7, 11) is 1.61. The van der Waals surface area contributed by atoms with E-state index < -0.39 is 0 Å². The predicted molar refractivity (Wildman–Crippen MR) is 71.0 cm³/mol. The molecule has 0 spiro atoms. The van der Waals surface area contributed by atoms with Crippen LogP contribution in [0.1, 0.15) is 16.5 Å². The summed E-state index contributed by atoms with van der Waals surface area (Å²) >= 11 is 1.54. The molecule has 3 nitrogen and oxygen atoms in total. The molecule has 0 radical (unpaired) electrons. The molecule has 0 aliphatic rings. The lowest BCUT2D eigenvalue weighted by Gasteiger charge is -2.16. The van der Waals surface area contributed by atoms with E-state index in [9.17, 15) is 4.39 Å². The van der Waals surface area contributed by atoms with E-state index in [4.69, 9.17) is 10.6 Å². The van der Waals surface area contributed by atoms with E-state index in [0.29, 0.717) is 12.0 Å². The number of thiophene rings is 1. The van der Waals surface area contributed by atoms with Crippen LogP contribution < -0.4 is 16.0 Å². The molecule has 0 fully saturated rings. The largest absolute Gasteiger partial charge is 0.496 e. The maximum absolute atomic E-state index is 13.6. The summed E-state index contributed by atoms with van der Waals surface area (Å²) in [6.45, 7) is 0. The number of rotatable bonds is 5. The number of ether oxygens (including phenoxy) is 1. The van der Waals surface area contributed by atoms with E-state index in [1.165, 1.54) is 6.07 Å². The second kappa shape index (κ2) is 5.95. The minimum absolute atomic E-state index is 0.156. The van der Waals surface area contributed by atoms with E-state index in [0.717, 1.165) is 10.6 Å². The first-order chi connectivity index (χ1) is 8.76. The van der Waals surface area contributed by atoms with E-state index in [1.807, 2.05) is 17.5 Å². The molecule has 2 aromatic rings. The molecule has 96 valence electrons. The highest BCUT2D eigenvalue weighted by Crippen LogP contribution is 2.32. The fourth-order valence-corrected chi connectivity index (χ4v) is 2.76. The molecule has 1 unspecified atom stereocenters. The Bertz CT molecular complexity index is 515. The van der Waals surface area contributed by atoms with Crippen molar-refractivity contribution in [2.75, 3.05) is 7.11 Å². The van der Waals surface area contributed by atoms with Crippen molar-refractivity contribution >= 4 is 11.3 Å². The standard InChI is InChI=1S/C13H15FN2OS/c1-17-12-6-7-18-13(12)11(16-15)8-9-4-2-3-5-10(9)14/h2-7,11,16H,8,15H2,1H3. The normalized spacial score (nSPS) is 12.4. The number of nitrogens with one attached hydrogen (secondary N) is 1. The van der Waals surface area contributed by atoms with Crippen LogP contribution in [0.4, 0.5) is 4.39 Å². The van der Waals surface area contributed by atoms with Crippen LogP contribution >= 0.6 is 11.3 Å². The van der Waals surface area contributed by atoms with Crippen molar-refractivity contribution in [2.24, 2.45) is 5.84 Å². The first-order valence-electron chi connectivity index (χ1n) is 5.57. The summed E-state index contributed by atoms with van der Waals surface area (Å²) < 4.78 is 18.9. The lowest BCUT2D eigenvalue weighted by molar-refractivity contribution is 0.402. The number of hydrogen-bond donors (Lipinski definition) is 2. The van der Waals surface area contributed by atoms with Gasteiger partial charge in [0.25, 0.3) is 0 Å². The zero-order chi connectivity index (χ0) is 13.0.